The van der Waals surface area contributed by atoms with Crippen molar-refractivity contribution >= 4 is 39.2 Å². The van der Waals surface area contributed by atoms with Crippen molar-refractivity contribution in [3.05, 3.63) is 64.9 Å². The smallest absolute Gasteiger partial charge is 0.252 e. The van der Waals surface area contributed by atoms with Gasteiger partial charge in [-0.25, -0.2) is 13.4 Å². The van der Waals surface area contributed by atoms with Crippen LogP contribution in [0.2, 0.25) is 5.15 Å². The number of hydrogen-bond acceptors (Lipinski definition) is 8. The number of sulfone groups is 1. The maximum Gasteiger partial charge on any atom is 0.252 e. The Labute approximate surface area is 295 Å². The molecule has 4 N–H and O–H groups in total. The molecule has 4 rings (SSSR count). The number of carbonyl (C=O) groups is 3. The van der Waals surface area contributed by atoms with Crippen molar-refractivity contribution in [2.45, 2.75) is 108 Å². The summed E-state index contributed by atoms with van der Waals surface area (Å²) in [5.74, 6) is -0.697. The minimum absolute atomic E-state index is 0.0637. The van der Waals surface area contributed by atoms with E-state index in [1.807, 2.05) is 51.1 Å². The fourth-order valence-electron chi connectivity index (χ4n) is 6.94. The number of β-amino-alcohol motifs (C(OH)–C–C–N with tert-alkyl or cyclic N) is 1. The molecule has 0 radical (unpaired) electrons. The Morgan fingerprint density at radius 2 is 1.67 bits per heavy atom. The molecule has 2 unspecified atom stereocenters. The summed E-state index contributed by atoms with van der Waals surface area (Å²) in [6.45, 7) is 9.35. The highest BCUT2D eigenvalue weighted by atomic mass is 35.5. The van der Waals surface area contributed by atoms with E-state index < -0.39 is 56.2 Å². The third-order valence-electron chi connectivity index (χ3n) is 9.99. The molecular weight excluding hydrogens is 666 g/mol. The number of aliphatic hydroxyl groups is 1. The molecule has 1 aliphatic carbocycles. The Balaban J connectivity index is 1.63. The van der Waals surface area contributed by atoms with Crippen molar-refractivity contribution in [2.24, 2.45) is 11.8 Å². The Bertz CT molecular complexity index is 1580. The van der Waals surface area contributed by atoms with E-state index in [1.54, 1.807) is 0 Å². The quantitative estimate of drug-likeness (QED) is 0.243. The van der Waals surface area contributed by atoms with Gasteiger partial charge in [-0.2, -0.15) is 0 Å². The van der Waals surface area contributed by atoms with Crippen LogP contribution in [0.1, 0.15) is 82.6 Å². The minimum Gasteiger partial charge on any atom is -0.390 e. The number of halogens is 1. The third kappa shape index (κ3) is 10.2. The molecule has 1 aliphatic heterocycles. The third-order valence-corrected chi connectivity index (χ3v) is 12.3. The molecule has 2 aliphatic rings. The molecular formula is C36H52ClN5O6S. The molecule has 13 heteroatoms. The van der Waals surface area contributed by atoms with Gasteiger partial charge >= 0.3 is 0 Å². The minimum atomic E-state index is -3.89. The lowest BCUT2D eigenvalue weighted by Gasteiger charge is -2.47. The van der Waals surface area contributed by atoms with E-state index in [9.17, 15) is 27.9 Å². The zero-order valence-electron chi connectivity index (χ0n) is 29.4. The first-order valence-electron chi connectivity index (χ1n) is 17.1. The van der Waals surface area contributed by atoms with Gasteiger partial charge in [0.1, 0.15) is 11.2 Å². The molecule has 2 aromatic rings. The summed E-state index contributed by atoms with van der Waals surface area (Å²) >= 11 is 5.99. The number of piperidine rings is 1. The molecule has 11 nitrogen and oxygen atoms in total. The predicted octanol–water partition coefficient (Wildman–Crippen LogP) is 3.54. The molecule has 2 heterocycles. The van der Waals surface area contributed by atoms with Gasteiger partial charge in [-0.1, -0.05) is 61.2 Å². The second-order valence-electron chi connectivity index (χ2n) is 15.3. The summed E-state index contributed by atoms with van der Waals surface area (Å²) in [6.07, 6.45) is 6.59. The maximum absolute atomic E-state index is 14.2. The number of fused-ring (bicyclic) bond motifs is 1. The van der Waals surface area contributed by atoms with Crippen LogP contribution in [0.5, 0.6) is 0 Å². The first kappa shape index (κ1) is 38.7. The number of nitrogens with zero attached hydrogens (tertiary/aromatic N) is 2. The molecule has 0 spiro atoms. The number of aromatic nitrogens is 1. The van der Waals surface area contributed by atoms with Crippen LogP contribution in [0.4, 0.5) is 0 Å². The topological polar surface area (TPSA) is 158 Å². The van der Waals surface area contributed by atoms with Gasteiger partial charge in [0.15, 0.2) is 9.84 Å². The van der Waals surface area contributed by atoms with E-state index in [1.165, 1.54) is 32.2 Å². The van der Waals surface area contributed by atoms with E-state index >= 15 is 0 Å². The van der Waals surface area contributed by atoms with Crippen LogP contribution < -0.4 is 16.0 Å². The van der Waals surface area contributed by atoms with Gasteiger partial charge < -0.3 is 21.1 Å². The molecule has 1 aromatic carbocycles. The summed E-state index contributed by atoms with van der Waals surface area (Å²) in [7, 11) is -3.89. The zero-order valence-corrected chi connectivity index (χ0v) is 31.0. The lowest BCUT2D eigenvalue weighted by Crippen LogP contribution is -2.64. The first-order valence-corrected chi connectivity index (χ1v) is 19.3. The molecule has 1 saturated heterocycles. The van der Waals surface area contributed by atoms with Gasteiger partial charge in [0.2, 0.25) is 11.8 Å². The predicted molar refractivity (Wildman–Crippen MR) is 191 cm³/mol. The largest absolute Gasteiger partial charge is 0.390 e. The van der Waals surface area contributed by atoms with Gasteiger partial charge in [-0.3, -0.25) is 19.3 Å². The van der Waals surface area contributed by atoms with Crippen LogP contribution >= 0.6 is 11.6 Å². The molecule has 1 aromatic heterocycles. The molecule has 6 atom stereocenters. The maximum atomic E-state index is 14.2. The number of nitrogens with one attached hydrogen (secondary N) is 3. The van der Waals surface area contributed by atoms with Crippen LogP contribution in [-0.2, 0) is 25.8 Å². The van der Waals surface area contributed by atoms with E-state index in [-0.39, 0.29) is 29.6 Å². The molecule has 2 fully saturated rings. The van der Waals surface area contributed by atoms with E-state index in [4.69, 9.17) is 11.6 Å². The summed E-state index contributed by atoms with van der Waals surface area (Å²) in [5.41, 5.74) is 0.519. The zero-order chi connectivity index (χ0) is 36.1. The normalized spacial score (nSPS) is 22.2. The SMILES string of the molecule is CC(C)(C)NC(=O)[C@@H]1CC2CCCCC2CN1C[C@@H](O)[C@H](Cc1ccccc1)NC(=O)[C@@H](NC(=O)c1ccnc(Cl)c1)C(C)(C)S(C)(=O)=O. The summed E-state index contributed by atoms with van der Waals surface area (Å²) in [5, 5.41) is 20.6. The fourth-order valence-corrected chi connectivity index (χ4v) is 7.71. The van der Waals surface area contributed by atoms with E-state index in [0.29, 0.717) is 24.8 Å². The van der Waals surface area contributed by atoms with Crippen LogP contribution in [0.3, 0.4) is 0 Å². The Hall–Kier alpha value is -3.06. The van der Waals surface area contributed by atoms with Crippen molar-refractivity contribution in [2.75, 3.05) is 19.3 Å². The molecule has 1 saturated carbocycles. The standard InChI is InChI=1S/C36H52ClN5O6S/c1-35(2,3)41-33(45)28-19-24-14-10-11-15-26(24)21-42(28)22-29(43)27(18-23-12-8-7-9-13-23)39-34(46)31(36(4,5)49(6,47)48)40-32(44)25-16-17-38-30(37)20-25/h7-9,12-13,16-17,20,24,26-29,31,43H,10-11,14-15,18-19,21-22H2,1-6H3,(H,39,46)(H,40,44)(H,41,45)/t24?,26?,27-,28-,29+,31+/m0/s1. The molecule has 270 valence electrons. The van der Waals surface area contributed by atoms with Gasteiger partial charge in [0.25, 0.3) is 5.91 Å². The number of carbonyl (C=O) groups excluding carboxylic acids is 3. The number of amides is 3. The highest BCUT2D eigenvalue weighted by Crippen LogP contribution is 2.39. The Morgan fingerprint density at radius 1 is 1.02 bits per heavy atom. The lowest BCUT2D eigenvalue weighted by molar-refractivity contribution is -0.133. The van der Waals surface area contributed by atoms with Crippen LogP contribution in [0.15, 0.2) is 48.7 Å². The van der Waals surface area contributed by atoms with Gasteiger partial charge in [-0.15, -0.1) is 0 Å². The van der Waals surface area contributed by atoms with Gasteiger partial charge in [-0.05, 0) is 83.4 Å². The first-order chi connectivity index (χ1) is 22.9. The van der Waals surface area contributed by atoms with Crippen molar-refractivity contribution in [1.82, 2.24) is 25.8 Å². The highest BCUT2D eigenvalue weighted by molar-refractivity contribution is 7.92. The number of aliphatic hydroxyl groups excluding tert-OH is 1. The van der Waals surface area contributed by atoms with Crippen molar-refractivity contribution in [3.8, 4) is 0 Å². The fraction of sp³-hybridized carbons (Fsp3) is 0.611. The number of likely N-dealkylation sites (tertiary alicyclic amines) is 1. The molecule has 3 amide bonds. The average Bonchev–Trinajstić information content (AvgIpc) is 3.01. The second-order valence-corrected chi connectivity index (χ2v) is 18.3. The Morgan fingerprint density at radius 3 is 2.29 bits per heavy atom. The van der Waals surface area contributed by atoms with Gasteiger partial charge in [0, 0.05) is 36.6 Å². The number of pyridine rings is 1. The average molecular weight is 718 g/mol. The summed E-state index contributed by atoms with van der Waals surface area (Å²) in [4.78, 5) is 47.0. The second kappa shape index (κ2) is 15.9. The number of hydrogen-bond donors (Lipinski definition) is 4. The van der Waals surface area contributed by atoms with Crippen molar-refractivity contribution < 1.29 is 27.9 Å². The van der Waals surface area contributed by atoms with Crippen LogP contribution in [0, 0.1) is 11.8 Å². The lowest BCUT2D eigenvalue weighted by atomic mass is 9.72. The Kier molecular flexibility index (Phi) is 12.5. The number of benzene rings is 1. The summed E-state index contributed by atoms with van der Waals surface area (Å²) in [6, 6.07) is 9.23. The monoisotopic (exact) mass is 717 g/mol. The van der Waals surface area contributed by atoms with Gasteiger partial charge in [0.05, 0.1) is 22.9 Å². The number of rotatable bonds is 12. The van der Waals surface area contributed by atoms with Crippen LogP contribution in [-0.4, -0.2) is 95.0 Å². The summed E-state index contributed by atoms with van der Waals surface area (Å²) < 4.78 is 24.3. The van der Waals surface area contributed by atoms with Crippen LogP contribution in [0.25, 0.3) is 0 Å². The molecule has 49 heavy (non-hydrogen) atoms. The van der Waals surface area contributed by atoms with Crippen molar-refractivity contribution in [3.63, 3.8) is 0 Å². The molecule has 0 bridgehead atoms. The van der Waals surface area contributed by atoms with Crippen molar-refractivity contribution in [1.29, 1.82) is 0 Å². The highest BCUT2D eigenvalue weighted by Gasteiger charge is 2.46. The van der Waals surface area contributed by atoms with E-state index in [2.05, 4.69) is 25.8 Å². The van der Waals surface area contributed by atoms with E-state index in [0.717, 1.165) is 37.5 Å².